The van der Waals surface area contributed by atoms with Crippen molar-refractivity contribution in [1.82, 2.24) is 0 Å². The summed E-state index contributed by atoms with van der Waals surface area (Å²) in [7, 11) is 0. The van der Waals surface area contributed by atoms with Crippen LogP contribution in [0.1, 0.15) is 6.92 Å². The van der Waals surface area contributed by atoms with Crippen LogP contribution in [-0.4, -0.2) is 23.1 Å². The Morgan fingerprint density at radius 3 is 2.92 bits per heavy atom. The number of hydrogen-bond donors (Lipinski definition) is 1. The van der Waals surface area contributed by atoms with Gasteiger partial charge in [0.15, 0.2) is 6.61 Å². The van der Waals surface area contributed by atoms with Crippen molar-refractivity contribution in [3.05, 3.63) is 35.6 Å². The molecule has 13 heavy (non-hydrogen) atoms. The van der Waals surface area contributed by atoms with Crippen LogP contribution >= 0.6 is 0 Å². The molecule has 0 aromatic rings. The molecule has 1 aliphatic carbocycles. The predicted molar refractivity (Wildman–Crippen MR) is 46.9 cm³/mol. The molecule has 1 heterocycles. The van der Waals surface area contributed by atoms with E-state index >= 15 is 0 Å². The van der Waals surface area contributed by atoms with E-state index in [0.29, 0.717) is 11.3 Å². The van der Waals surface area contributed by atoms with Gasteiger partial charge < -0.3 is 9.84 Å². The first-order chi connectivity index (χ1) is 6.08. The number of ketones is 1. The smallest absolute Gasteiger partial charge is 0.203 e. The van der Waals surface area contributed by atoms with E-state index in [1.807, 2.05) is 0 Å². The Morgan fingerprint density at radius 1 is 1.46 bits per heavy atom. The van der Waals surface area contributed by atoms with Gasteiger partial charge in [-0.2, -0.15) is 0 Å². The van der Waals surface area contributed by atoms with Gasteiger partial charge in [-0.3, -0.25) is 4.79 Å². The van der Waals surface area contributed by atoms with E-state index in [-0.39, 0.29) is 12.4 Å². The third kappa shape index (κ3) is 1.42. The molecule has 3 nitrogen and oxygen atoms in total. The second-order valence-electron chi connectivity index (χ2n) is 3.38. The summed E-state index contributed by atoms with van der Waals surface area (Å²) in [5.74, 6) is 0.521. The van der Waals surface area contributed by atoms with E-state index in [9.17, 15) is 9.90 Å². The molecule has 1 atom stereocenters. The molecule has 0 saturated heterocycles. The topological polar surface area (TPSA) is 46.5 Å². The number of hydrogen-bond acceptors (Lipinski definition) is 3. The molecule has 3 heteroatoms. The van der Waals surface area contributed by atoms with Gasteiger partial charge >= 0.3 is 0 Å². The van der Waals surface area contributed by atoms with E-state index in [4.69, 9.17) is 4.74 Å². The zero-order chi connectivity index (χ0) is 9.47. The number of Topliss-reactive ketones (excluding diaryl/α,β-unsaturated/α-hetero) is 1. The Hall–Kier alpha value is -1.35. The van der Waals surface area contributed by atoms with Gasteiger partial charge in [0.05, 0.1) is 11.2 Å². The second kappa shape index (κ2) is 2.57. The van der Waals surface area contributed by atoms with E-state index in [0.717, 1.165) is 0 Å². The predicted octanol–water partition coefficient (Wildman–Crippen LogP) is 0.717. The van der Waals surface area contributed by atoms with Crippen LogP contribution in [0.15, 0.2) is 35.6 Å². The van der Waals surface area contributed by atoms with Gasteiger partial charge in [0.25, 0.3) is 0 Å². The molecule has 0 fully saturated rings. The summed E-state index contributed by atoms with van der Waals surface area (Å²) in [6.07, 6.45) is 6.44. The van der Waals surface area contributed by atoms with Gasteiger partial charge in [0.1, 0.15) is 5.76 Å². The summed E-state index contributed by atoms with van der Waals surface area (Å²) in [6.45, 7) is 1.76. The SMILES string of the molecule is CC1(O)C=CC2=C(C=C1)C(=O)CO2. The van der Waals surface area contributed by atoms with Crippen LogP contribution in [0, 0.1) is 0 Å². The molecule has 0 saturated carbocycles. The maximum atomic E-state index is 11.2. The highest BCUT2D eigenvalue weighted by Crippen LogP contribution is 2.24. The third-order valence-corrected chi connectivity index (χ3v) is 2.08. The van der Waals surface area contributed by atoms with Gasteiger partial charge in [-0.25, -0.2) is 0 Å². The summed E-state index contributed by atoms with van der Waals surface area (Å²) in [4.78, 5) is 11.2. The normalized spacial score (nSPS) is 31.7. The number of carbonyl (C=O) groups is 1. The van der Waals surface area contributed by atoms with Gasteiger partial charge in [-0.1, -0.05) is 0 Å². The molecule has 0 aromatic carbocycles. The molecular formula is C10H10O3. The molecule has 0 radical (unpaired) electrons. The number of carbonyl (C=O) groups excluding carboxylic acids is 1. The average molecular weight is 178 g/mol. The number of allylic oxidation sites excluding steroid dienone is 2. The summed E-state index contributed by atoms with van der Waals surface area (Å²) < 4.78 is 5.12. The molecule has 0 amide bonds. The fourth-order valence-electron chi connectivity index (χ4n) is 1.30. The van der Waals surface area contributed by atoms with Crippen LogP contribution in [0.5, 0.6) is 0 Å². The lowest BCUT2D eigenvalue weighted by Crippen LogP contribution is -2.16. The van der Waals surface area contributed by atoms with Crippen molar-refractivity contribution in [3.63, 3.8) is 0 Å². The van der Waals surface area contributed by atoms with Crippen LogP contribution in [0.3, 0.4) is 0 Å². The van der Waals surface area contributed by atoms with Crippen molar-refractivity contribution in [3.8, 4) is 0 Å². The first-order valence-electron chi connectivity index (χ1n) is 4.10. The zero-order valence-corrected chi connectivity index (χ0v) is 7.28. The Kier molecular flexibility index (Phi) is 1.63. The lowest BCUT2D eigenvalue weighted by Gasteiger charge is -2.11. The Morgan fingerprint density at radius 2 is 2.15 bits per heavy atom. The lowest BCUT2D eigenvalue weighted by atomic mass is 10.1. The van der Waals surface area contributed by atoms with Crippen LogP contribution < -0.4 is 0 Å². The lowest BCUT2D eigenvalue weighted by molar-refractivity contribution is -0.116. The molecular weight excluding hydrogens is 168 g/mol. The second-order valence-corrected chi connectivity index (χ2v) is 3.38. The quantitative estimate of drug-likeness (QED) is 0.594. The highest BCUT2D eigenvalue weighted by atomic mass is 16.5. The minimum absolute atomic E-state index is 0.0337. The molecule has 0 spiro atoms. The van der Waals surface area contributed by atoms with Gasteiger partial charge in [-0.15, -0.1) is 0 Å². The van der Waals surface area contributed by atoms with Gasteiger partial charge in [0, 0.05) is 0 Å². The van der Waals surface area contributed by atoms with E-state index in [1.165, 1.54) is 0 Å². The van der Waals surface area contributed by atoms with Crippen LogP contribution in [0.4, 0.5) is 0 Å². The molecule has 1 N–H and O–H groups in total. The summed E-state index contributed by atoms with van der Waals surface area (Å²) >= 11 is 0. The molecule has 2 aliphatic rings. The average Bonchev–Trinajstić information content (AvgIpc) is 2.32. The van der Waals surface area contributed by atoms with E-state index in [1.54, 1.807) is 31.2 Å². The van der Waals surface area contributed by atoms with Gasteiger partial charge in [0.2, 0.25) is 5.78 Å². The number of rotatable bonds is 0. The summed E-state index contributed by atoms with van der Waals surface area (Å²) in [5, 5.41) is 9.63. The summed E-state index contributed by atoms with van der Waals surface area (Å²) in [6, 6.07) is 0. The van der Waals surface area contributed by atoms with Crippen molar-refractivity contribution in [2.45, 2.75) is 12.5 Å². The molecule has 0 aromatic heterocycles. The van der Waals surface area contributed by atoms with E-state index in [2.05, 4.69) is 0 Å². The zero-order valence-electron chi connectivity index (χ0n) is 7.28. The molecule has 0 bridgehead atoms. The van der Waals surface area contributed by atoms with E-state index < -0.39 is 5.60 Å². The monoisotopic (exact) mass is 178 g/mol. The molecule has 68 valence electrons. The highest BCUT2D eigenvalue weighted by molar-refractivity contribution is 6.01. The minimum atomic E-state index is -0.992. The van der Waals surface area contributed by atoms with Crippen LogP contribution in [0.25, 0.3) is 0 Å². The third-order valence-electron chi connectivity index (χ3n) is 2.08. The molecule has 1 aliphatic heterocycles. The fraction of sp³-hybridized carbons (Fsp3) is 0.300. The minimum Gasteiger partial charge on any atom is -0.485 e. The van der Waals surface area contributed by atoms with Crippen molar-refractivity contribution >= 4 is 5.78 Å². The van der Waals surface area contributed by atoms with Crippen LogP contribution in [-0.2, 0) is 9.53 Å². The number of aliphatic hydroxyl groups is 1. The number of ether oxygens (including phenoxy) is 1. The Bertz CT molecular complexity index is 345. The van der Waals surface area contributed by atoms with Gasteiger partial charge in [-0.05, 0) is 31.2 Å². The standard InChI is InChI=1S/C10H10O3/c1-10(12)4-2-7-8(11)6-13-9(7)3-5-10/h2-5,12H,6H2,1H3. The highest BCUT2D eigenvalue weighted by Gasteiger charge is 2.25. The van der Waals surface area contributed by atoms with Crippen LogP contribution in [0.2, 0.25) is 0 Å². The Balaban J connectivity index is 2.42. The molecule has 2 rings (SSSR count). The first kappa shape index (κ1) is 8.26. The largest absolute Gasteiger partial charge is 0.485 e. The first-order valence-corrected chi connectivity index (χ1v) is 4.10. The fourth-order valence-corrected chi connectivity index (χ4v) is 1.30. The molecule has 1 unspecified atom stereocenters. The van der Waals surface area contributed by atoms with Crippen molar-refractivity contribution in [2.24, 2.45) is 0 Å². The maximum absolute atomic E-state index is 11.2. The van der Waals surface area contributed by atoms with Crippen molar-refractivity contribution in [2.75, 3.05) is 6.61 Å². The maximum Gasteiger partial charge on any atom is 0.203 e. The van der Waals surface area contributed by atoms with Crippen molar-refractivity contribution in [1.29, 1.82) is 0 Å². The van der Waals surface area contributed by atoms with Crippen molar-refractivity contribution < 1.29 is 14.6 Å². The Labute approximate surface area is 76.0 Å². The summed E-state index contributed by atoms with van der Waals surface area (Å²) in [5.41, 5.74) is -0.442.